The number of hydrogen-bond acceptors (Lipinski definition) is 6. The molecule has 2 amide bonds. The molecule has 2 bridgehead atoms. The number of rotatable bonds is 5. The van der Waals surface area contributed by atoms with Crippen LogP contribution in [0.3, 0.4) is 0 Å². The van der Waals surface area contributed by atoms with Crippen LogP contribution in [0, 0.1) is 5.92 Å². The summed E-state index contributed by atoms with van der Waals surface area (Å²) in [5.74, 6) is -0.507. The number of carbonyl (C=O) groups excluding carboxylic acids is 2. The first kappa shape index (κ1) is 29.6. The molecule has 208 valence electrons. The van der Waals surface area contributed by atoms with Crippen LogP contribution in [-0.2, 0) is 20.5 Å². The number of ether oxygens (including phenoxy) is 1. The van der Waals surface area contributed by atoms with Crippen molar-refractivity contribution in [3.8, 4) is 11.3 Å². The van der Waals surface area contributed by atoms with E-state index in [4.69, 9.17) is 9.16 Å². The van der Waals surface area contributed by atoms with Crippen molar-refractivity contribution in [2.24, 2.45) is 5.92 Å². The maximum Gasteiger partial charge on any atom is 0.408 e. The Labute approximate surface area is 227 Å². The summed E-state index contributed by atoms with van der Waals surface area (Å²) in [7, 11) is -1.92. The van der Waals surface area contributed by atoms with Crippen LogP contribution < -0.4 is 10.6 Å². The summed E-state index contributed by atoms with van der Waals surface area (Å²) in [5, 5.41) is 10.7. The van der Waals surface area contributed by atoms with Crippen molar-refractivity contribution in [1.29, 1.82) is 0 Å². The summed E-state index contributed by atoms with van der Waals surface area (Å²) < 4.78 is 13.8. The molecule has 2 aromatic rings. The maximum absolute atomic E-state index is 13.0. The van der Waals surface area contributed by atoms with Crippen LogP contribution in [0.25, 0.3) is 11.3 Å². The molecule has 0 aromatic carbocycles. The summed E-state index contributed by atoms with van der Waals surface area (Å²) >= 11 is 0. The van der Waals surface area contributed by atoms with E-state index in [9.17, 15) is 9.59 Å². The molecule has 2 N–H and O–H groups in total. The molecule has 3 heterocycles. The third-order valence-corrected chi connectivity index (χ3v) is 11.5. The fourth-order valence-electron chi connectivity index (χ4n) is 3.80. The second kappa shape index (κ2) is 11.4. The Balaban J connectivity index is 1.98. The highest BCUT2D eigenvalue weighted by Crippen LogP contribution is 2.37. The largest absolute Gasteiger partial charge is 0.444 e. The van der Waals surface area contributed by atoms with Crippen LogP contribution in [-0.4, -0.2) is 47.3 Å². The predicted octanol–water partition coefficient (Wildman–Crippen LogP) is 6.07. The number of amides is 2. The first-order valence-electron chi connectivity index (χ1n) is 13.2. The minimum absolute atomic E-state index is 0.104. The van der Waals surface area contributed by atoms with Gasteiger partial charge >= 0.3 is 6.09 Å². The minimum atomic E-state index is -1.92. The predicted molar refractivity (Wildman–Crippen MR) is 152 cm³/mol. The van der Waals surface area contributed by atoms with E-state index in [1.54, 1.807) is 12.4 Å². The Bertz CT molecular complexity index is 1180. The molecule has 0 unspecified atom stereocenters. The molecular weight excluding hydrogens is 498 g/mol. The Kier molecular flexibility index (Phi) is 8.88. The van der Waals surface area contributed by atoms with Gasteiger partial charge in [0.2, 0.25) is 5.91 Å². The summed E-state index contributed by atoms with van der Waals surface area (Å²) in [6, 6.07) is 3.38. The quantitative estimate of drug-likeness (QED) is 0.352. The van der Waals surface area contributed by atoms with Gasteiger partial charge in [-0.1, -0.05) is 39.8 Å². The van der Waals surface area contributed by atoms with Gasteiger partial charge < -0.3 is 19.8 Å². The number of nitrogens with zero attached hydrogens (tertiary/aromatic N) is 3. The zero-order chi connectivity index (χ0) is 28.3. The van der Waals surface area contributed by atoms with Crippen LogP contribution in [0.1, 0.15) is 66.6 Å². The Morgan fingerprint density at radius 1 is 1.24 bits per heavy atom. The van der Waals surface area contributed by atoms with Crippen LogP contribution in [0.15, 0.2) is 36.7 Å². The van der Waals surface area contributed by atoms with Crippen LogP contribution >= 0.6 is 0 Å². The number of pyridine rings is 1. The fraction of sp³-hybridized carbons (Fsp3) is 0.571. The van der Waals surface area contributed by atoms with E-state index in [0.717, 1.165) is 11.3 Å². The van der Waals surface area contributed by atoms with Crippen molar-refractivity contribution >= 4 is 26.0 Å². The molecule has 0 spiro atoms. The zero-order valence-electron chi connectivity index (χ0n) is 24.2. The van der Waals surface area contributed by atoms with Crippen molar-refractivity contribution in [3.63, 3.8) is 0 Å². The Morgan fingerprint density at radius 2 is 1.95 bits per heavy atom. The second-order valence-electron chi connectivity index (χ2n) is 12.3. The van der Waals surface area contributed by atoms with Gasteiger partial charge in [-0.15, -0.1) is 0 Å². The Morgan fingerprint density at radius 3 is 2.61 bits per heavy atom. The molecule has 0 saturated carbocycles. The smallest absolute Gasteiger partial charge is 0.408 e. The number of alkyl carbamates (subject to hydrolysis) is 1. The SMILES string of the molecule is C[C@@H]1C=CC[C@H](NC(=O)OC(C)(C)C)c2cc(ccn2)-c2c(cnn2CCO[Si](C)(C)C(C)(C)C)NC1=O. The number of hydrogen-bond donors (Lipinski definition) is 2. The summed E-state index contributed by atoms with van der Waals surface area (Å²) in [6.45, 7) is 19.4. The van der Waals surface area contributed by atoms with E-state index >= 15 is 0 Å². The van der Waals surface area contributed by atoms with Crippen LogP contribution in [0.5, 0.6) is 0 Å². The topological polar surface area (TPSA) is 107 Å². The molecular formula is C28H43N5O4Si. The van der Waals surface area contributed by atoms with E-state index in [-0.39, 0.29) is 16.9 Å². The van der Waals surface area contributed by atoms with Crippen molar-refractivity contribution in [1.82, 2.24) is 20.1 Å². The number of nitrogens with one attached hydrogen (secondary N) is 2. The van der Waals surface area contributed by atoms with Gasteiger partial charge in [-0.25, -0.2) is 4.79 Å². The molecule has 1 aliphatic heterocycles. The molecule has 0 aliphatic carbocycles. The molecule has 1 aliphatic rings. The van der Waals surface area contributed by atoms with E-state index in [1.807, 2.05) is 56.7 Å². The molecule has 0 radical (unpaired) electrons. The van der Waals surface area contributed by atoms with E-state index in [1.165, 1.54) is 0 Å². The maximum atomic E-state index is 13.0. The van der Waals surface area contributed by atoms with Gasteiger partial charge in [-0.2, -0.15) is 5.10 Å². The van der Waals surface area contributed by atoms with Gasteiger partial charge in [-0.3, -0.25) is 14.5 Å². The average Bonchev–Trinajstić information content (AvgIpc) is 3.17. The lowest BCUT2D eigenvalue weighted by Crippen LogP contribution is -2.41. The molecule has 38 heavy (non-hydrogen) atoms. The lowest BCUT2D eigenvalue weighted by molar-refractivity contribution is -0.118. The van der Waals surface area contributed by atoms with Gasteiger partial charge in [0.05, 0.1) is 48.4 Å². The number of aromatic nitrogens is 3. The van der Waals surface area contributed by atoms with Gasteiger partial charge in [0, 0.05) is 11.8 Å². The average molecular weight is 542 g/mol. The van der Waals surface area contributed by atoms with Crippen molar-refractivity contribution in [3.05, 3.63) is 42.4 Å². The molecule has 0 saturated heterocycles. The number of carbonyl (C=O) groups is 2. The molecule has 0 fully saturated rings. The lowest BCUT2D eigenvalue weighted by atomic mass is 10.0. The first-order chi connectivity index (χ1) is 17.6. The fourth-order valence-corrected chi connectivity index (χ4v) is 4.83. The first-order valence-corrected chi connectivity index (χ1v) is 16.1. The highest BCUT2D eigenvalue weighted by molar-refractivity contribution is 6.74. The highest BCUT2D eigenvalue weighted by atomic mass is 28.4. The monoisotopic (exact) mass is 541 g/mol. The molecule has 9 nitrogen and oxygen atoms in total. The molecule has 3 rings (SSSR count). The van der Waals surface area contributed by atoms with Crippen molar-refractivity contribution in [2.75, 3.05) is 11.9 Å². The third-order valence-electron chi connectivity index (χ3n) is 6.98. The van der Waals surface area contributed by atoms with E-state index in [0.29, 0.717) is 31.0 Å². The van der Waals surface area contributed by atoms with Gasteiger partial charge in [-0.05, 0) is 57.5 Å². The minimum Gasteiger partial charge on any atom is -0.444 e. The Hall–Kier alpha value is -2.98. The van der Waals surface area contributed by atoms with Crippen LogP contribution in [0.2, 0.25) is 18.1 Å². The zero-order valence-corrected chi connectivity index (χ0v) is 25.2. The summed E-state index contributed by atoms with van der Waals surface area (Å²) in [6.07, 6.45) is 7.06. The molecule has 10 heteroatoms. The van der Waals surface area contributed by atoms with Gasteiger partial charge in [0.25, 0.3) is 0 Å². The number of anilines is 1. The van der Waals surface area contributed by atoms with Gasteiger partial charge in [0.15, 0.2) is 8.32 Å². The second-order valence-corrected chi connectivity index (χ2v) is 17.2. The van der Waals surface area contributed by atoms with Crippen molar-refractivity contribution < 1.29 is 18.8 Å². The molecule has 2 aromatic heterocycles. The highest BCUT2D eigenvalue weighted by Gasteiger charge is 2.37. The summed E-state index contributed by atoms with van der Waals surface area (Å²) in [5.41, 5.74) is 2.30. The standard InChI is InChI=1S/C28H43N5O4Si/c1-19-11-10-12-21(32-26(35)37-27(2,3)4)22-17-20(13-14-29-22)24-23(31-25(19)34)18-30-33(24)15-16-36-38(8,9)28(5,6)7/h10-11,13-14,17-19,21H,12,15-16H2,1-9H3,(H,31,34)(H,32,35)/t19-,21+/m1/s1. The normalized spacial score (nSPS) is 18.6. The lowest BCUT2D eigenvalue weighted by Gasteiger charge is -2.36. The van der Waals surface area contributed by atoms with Gasteiger partial charge in [0.1, 0.15) is 5.60 Å². The summed E-state index contributed by atoms with van der Waals surface area (Å²) in [4.78, 5) is 30.2. The van der Waals surface area contributed by atoms with E-state index in [2.05, 4.69) is 54.6 Å². The number of fused-ring (bicyclic) bond motifs is 4. The van der Waals surface area contributed by atoms with E-state index < -0.39 is 26.1 Å². The van der Waals surface area contributed by atoms with Crippen LogP contribution in [0.4, 0.5) is 10.5 Å². The molecule has 2 atom stereocenters. The van der Waals surface area contributed by atoms with Crippen molar-refractivity contribution in [2.45, 2.75) is 91.2 Å². The third kappa shape index (κ3) is 7.54.